The van der Waals surface area contributed by atoms with E-state index in [0.717, 1.165) is 26.8 Å². The van der Waals surface area contributed by atoms with Gasteiger partial charge < -0.3 is 0 Å². The van der Waals surface area contributed by atoms with Crippen molar-refractivity contribution in [3.63, 3.8) is 0 Å². The minimum atomic E-state index is 0.259. The number of halogens is 1. The van der Waals surface area contributed by atoms with Crippen LogP contribution in [0.25, 0.3) is 22.0 Å². The zero-order valence-corrected chi connectivity index (χ0v) is 16.5. The Labute approximate surface area is 168 Å². The highest BCUT2D eigenvalue weighted by Gasteiger charge is 2.11. The molecule has 4 rings (SSSR count). The largest absolute Gasteiger partial charge is 0.277 e. The standard InChI is InChI=1S/C21H13BrN4S/c22-17-7-9-18(10-8-17)25-26-19(12-23)21-24-20(13-27-21)16-6-5-14-3-1-2-4-15(14)11-16/h1-11,13,25H. The summed E-state index contributed by atoms with van der Waals surface area (Å²) < 4.78 is 0.984. The number of nitrogens with zero attached hydrogens (tertiary/aromatic N) is 3. The second-order valence-electron chi connectivity index (χ2n) is 5.79. The van der Waals surface area contributed by atoms with Crippen molar-refractivity contribution in [3.05, 3.63) is 81.6 Å². The van der Waals surface area contributed by atoms with E-state index in [2.05, 4.69) is 61.8 Å². The summed E-state index contributed by atoms with van der Waals surface area (Å²) >= 11 is 4.80. The molecule has 0 fully saturated rings. The van der Waals surface area contributed by atoms with Crippen molar-refractivity contribution in [2.75, 3.05) is 5.43 Å². The molecule has 1 aromatic heterocycles. The van der Waals surface area contributed by atoms with Crippen LogP contribution in [0.5, 0.6) is 0 Å². The number of aromatic nitrogens is 1. The van der Waals surface area contributed by atoms with Gasteiger partial charge in [0.2, 0.25) is 0 Å². The van der Waals surface area contributed by atoms with Crippen LogP contribution >= 0.6 is 27.3 Å². The maximum Gasteiger partial charge on any atom is 0.196 e. The molecule has 1 heterocycles. The van der Waals surface area contributed by atoms with Crippen LogP contribution in [0.1, 0.15) is 5.01 Å². The molecule has 3 aromatic carbocycles. The van der Waals surface area contributed by atoms with Gasteiger partial charge in [-0.25, -0.2) is 4.98 Å². The van der Waals surface area contributed by atoms with E-state index in [4.69, 9.17) is 0 Å². The molecule has 0 unspecified atom stereocenters. The second-order valence-corrected chi connectivity index (χ2v) is 7.56. The SMILES string of the molecule is N#CC(=NNc1ccc(Br)cc1)c1nc(-c2ccc3ccccc3c2)cs1. The Morgan fingerprint density at radius 1 is 1.04 bits per heavy atom. The normalized spacial score (nSPS) is 11.3. The van der Waals surface area contributed by atoms with Gasteiger partial charge in [0.05, 0.1) is 11.4 Å². The molecule has 0 bridgehead atoms. The van der Waals surface area contributed by atoms with Crippen molar-refractivity contribution in [3.8, 4) is 17.3 Å². The Morgan fingerprint density at radius 2 is 1.81 bits per heavy atom. The molecular weight excluding hydrogens is 420 g/mol. The van der Waals surface area contributed by atoms with E-state index in [1.54, 1.807) is 0 Å². The molecule has 0 saturated heterocycles. The van der Waals surface area contributed by atoms with Gasteiger partial charge in [0.25, 0.3) is 0 Å². The molecule has 0 amide bonds. The van der Waals surface area contributed by atoms with Crippen LogP contribution in [-0.2, 0) is 0 Å². The molecule has 0 aliphatic carbocycles. The molecule has 27 heavy (non-hydrogen) atoms. The third-order valence-corrected chi connectivity index (χ3v) is 5.38. The molecule has 1 N–H and O–H groups in total. The fourth-order valence-electron chi connectivity index (χ4n) is 2.63. The Bertz CT molecular complexity index is 1170. The Balaban J connectivity index is 1.60. The molecule has 0 atom stereocenters. The summed E-state index contributed by atoms with van der Waals surface area (Å²) in [6.07, 6.45) is 0. The first-order valence-electron chi connectivity index (χ1n) is 8.17. The molecular formula is C21H13BrN4S. The zero-order chi connectivity index (χ0) is 18.6. The van der Waals surface area contributed by atoms with Crippen LogP contribution in [0.15, 0.2) is 81.7 Å². The summed E-state index contributed by atoms with van der Waals surface area (Å²) in [6, 6.07) is 24.1. The number of hydrogen-bond acceptors (Lipinski definition) is 5. The fraction of sp³-hybridized carbons (Fsp3) is 0. The highest BCUT2D eigenvalue weighted by Crippen LogP contribution is 2.26. The van der Waals surface area contributed by atoms with E-state index in [9.17, 15) is 5.26 Å². The number of nitriles is 1. The molecule has 4 aromatic rings. The van der Waals surface area contributed by atoms with Crippen molar-refractivity contribution in [1.29, 1.82) is 5.26 Å². The highest BCUT2D eigenvalue weighted by molar-refractivity contribution is 9.10. The summed E-state index contributed by atoms with van der Waals surface area (Å²) in [4.78, 5) is 4.60. The van der Waals surface area contributed by atoms with E-state index in [1.165, 1.54) is 16.7 Å². The summed E-state index contributed by atoms with van der Waals surface area (Å²) in [5.41, 5.74) is 5.83. The first kappa shape index (κ1) is 17.4. The van der Waals surface area contributed by atoms with Gasteiger partial charge in [0, 0.05) is 15.4 Å². The quantitative estimate of drug-likeness (QED) is 0.314. The van der Waals surface area contributed by atoms with Gasteiger partial charge in [-0.3, -0.25) is 5.43 Å². The number of rotatable bonds is 4. The average Bonchev–Trinajstić information content (AvgIpc) is 3.19. The van der Waals surface area contributed by atoms with Crippen molar-refractivity contribution in [1.82, 2.24) is 4.98 Å². The summed E-state index contributed by atoms with van der Waals surface area (Å²) in [7, 11) is 0. The number of hydrazone groups is 1. The number of fused-ring (bicyclic) bond motifs is 1. The van der Waals surface area contributed by atoms with Gasteiger partial charge >= 0.3 is 0 Å². The summed E-state index contributed by atoms with van der Waals surface area (Å²) in [5.74, 6) is 0. The van der Waals surface area contributed by atoms with Crippen LogP contribution in [0.4, 0.5) is 5.69 Å². The lowest BCUT2D eigenvalue weighted by atomic mass is 10.1. The molecule has 0 saturated carbocycles. The number of anilines is 1. The van der Waals surface area contributed by atoms with Crippen LogP contribution in [0.2, 0.25) is 0 Å². The Kier molecular flexibility index (Phi) is 4.97. The van der Waals surface area contributed by atoms with Gasteiger partial charge in [-0.15, -0.1) is 11.3 Å². The third kappa shape index (κ3) is 3.90. The molecule has 130 valence electrons. The number of thiazole rings is 1. The lowest BCUT2D eigenvalue weighted by molar-refractivity contribution is 1.31. The molecule has 0 radical (unpaired) electrons. The van der Waals surface area contributed by atoms with Crippen molar-refractivity contribution < 1.29 is 0 Å². The molecule has 4 nitrogen and oxygen atoms in total. The van der Waals surface area contributed by atoms with Gasteiger partial charge in [-0.05, 0) is 41.1 Å². The van der Waals surface area contributed by atoms with E-state index in [-0.39, 0.29) is 5.71 Å². The van der Waals surface area contributed by atoms with Gasteiger partial charge in [-0.2, -0.15) is 10.4 Å². The van der Waals surface area contributed by atoms with E-state index in [0.29, 0.717) is 5.01 Å². The third-order valence-electron chi connectivity index (χ3n) is 4.00. The van der Waals surface area contributed by atoms with Crippen molar-refractivity contribution in [2.45, 2.75) is 0 Å². The van der Waals surface area contributed by atoms with Gasteiger partial charge in [0.15, 0.2) is 10.7 Å². The van der Waals surface area contributed by atoms with Crippen LogP contribution in [-0.4, -0.2) is 10.7 Å². The highest BCUT2D eigenvalue weighted by atomic mass is 79.9. The second kappa shape index (κ2) is 7.70. The first-order chi connectivity index (χ1) is 13.2. The molecule has 0 aliphatic heterocycles. The predicted octanol–water partition coefficient (Wildman–Crippen LogP) is 6.07. The topological polar surface area (TPSA) is 61.1 Å². The van der Waals surface area contributed by atoms with Crippen LogP contribution in [0.3, 0.4) is 0 Å². The number of nitrogens with one attached hydrogen (secondary N) is 1. The molecule has 0 spiro atoms. The van der Waals surface area contributed by atoms with E-state index < -0.39 is 0 Å². The summed E-state index contributed by atoms with van der Waals surface area (Å²) in [6.45, 7) is 0. The zero-order valence-electron chi connectivity index (χ0n) is 14.1. The smallest absolute Gasteiger partial charge is 0.196 e. The average molecular weight is 433 g/mol. The maximum atomic E-state index is 9.46. The minimum Gasteiger partial charge on any atom is -0.277 e. The Hall–Kier alpha value is -3.01. The lowest BCUT2D eigenvalue weighted by Gasteiger charge is -2.01. The van der Waals surface area contributed by atoms with E-state index >= 15 is 0 Å². The van der Waals surface area contributed by atoms with Gasteiger partial charge in [0.1, 0.15) is 6.07 Å². The van der Waals surface area contributed by atoms with Crippen molar-refractivity contribution >= 4 is 49.4 Å². The van der Waals surface area contributed by atoms with E-state index in [1.807, 2.05) is 47.8 Å². The minimum absolute atomic E-state index is 0.259. The van der Waals surface area contributed by atoms with Gasteiger partial charge in [-0.1, -0.05) is 52.3 Å². The van der Waals surface area contributed by atoms with Crippen LogP contribution < -0.4 is 5.43 Å². The molecule has 0 aliphatic rings. The molecule has 6 heteroatoms. The number of hydrogen-bond donors (Lipinski definition) is 1. The maximum absolute atomic E-state index is 9.46. The first-order valence-corrected chi connectivity index (χ1v) is 9.84. The predicted molar refractivity (Wildman–Crippen MR) is 115 cm³/mol. The summed E-state index contributed by atoms with van der Waals surface area (Å²) in [5, 5.41) is 18.6. The monoisotopic (exact) mass is 432 g/mol. The van der Waals surface area contributed by atoms with Crippen molar-refractivity contribution in [2.24, 2.45) is 5.10 Å². The van der Waals surface area contributed by atoms with Crippen LogP contribution in [0, 0.1) is 11.3 Å². The lowest BCUT2D eigenvalue weighted by Crippen LogP contribution is -2.01. The fourth-order valence-corrected chi connectivity index (χ4v) is 3.66. The Morgan fingerprint density at radius 3 is 2.59 bits per heavy atom. The number of benzene rings is 3.